The molecule has 0 spiro atoms. The predicted octanol–water partition coefficient (Wildman–Crippen LogP) is 2.30. The van der Waals surface area contributed by atoms with E-state index in [2.05, 4.69) is 13.8 Å². The fraction of sp³-hybridized carbons (Fsp3) is 1.00. The van der Waals surface area contributed by atoms with Gasteiger partial charge in [0.25, 0.3) is 0 Å². The van der Waals surface area contributed by atoms with E-state index >= 15 is 0 Å². The van der Waals surface area contributed by atoms with Gasteiger partial charge in [0.05, 0.1) is 0 Å². The van der Waals surface area contributed by atoms with Crippen molar-refractivity contribution >= 4 is 0 Å². The highest BCUT2D eigenvalue weighted by Crippen LogP contribution is 2.55. The molecule has 0 aromatic rings. The van der Waals surface area contributed by atoms with Gasteiger partial charge in [0.15, 0.2) is 0 Å². The summed E-state index contributed by atoms with van der Waals surface area (Å²) in [6, 6.07) is 0. The van der Waals surface area contributed by atoms with Crippen molar-refractivity contribution in [2.45, 2.75) is 26.7 Å². The predicted molar refractivity (Wildman–Crippen MR) is 34.5 cm³/mol. The molecule has 0 aromatic heterocycles. The van der Waals surface area contributed by atoms with Crippen molar-refractivity contribution in [3.63, 3.8) is 0 Å². The normalized spacial score (nSPS) is 60.8. The van der Waals surface area contributed by atoms with Crippen molar-refractivity contribution in [1.82, 2.24) is 0 Å². The molecule has 3 aliphatic rings. The van der Waals surface area contributed by atoms with E-state index in [-0.39, 0.29) is 0 Å². The Morgan fingerprint density at radius 1 is 0.875 bits per heavy atom. The van der Waals surface area contributed by atoms with Crippen LogP contribution in [0.15, 0.2) is 0 Å². The van der Waals surface area contributed by atoms with Gasteiger partial charge in [0.1, 0.15) is 0 Å². The molecule has 0 N–H and O–H groups in total. The maximum absolute atomic E-state index is 2.42. The van der Waals surface area contributed by atoms with Gasteiger partial charge in [0.2, 0.25) is 0 Å². The van der Waals surface area contributed by atoms with Crippen molar-refractivity contribution in [3.05, 3.63) is 0 Å². The van der Waals surface area contributed by atoms with E-state index in [4.69, 9.17) is 0 Å². The van der Waals surface area contributed by atoms with Crippen LogP contribution in [0.2, 0.25) is 0 Å². The Bertz CT molecular complexity index is 88.6. The molecule has 0 heterocycles. The van der Waals surface area contributed by atoms with E-state index in [1.165, 1.54) is 0 Å². The quantitative estimate of drug-likeness (QED) is 0.449. The summed E-state index contributed by atoms with van der Waals surface area (Å²) in [4.78, 5) is 0. The molecule has 0 unspecified atom stereocenters. The van der Waals surface area contributed by atoms with Crippen LogP contribution < -0.4 is 0 Å². The summed E-state index contributed by atoms with van der Waals surface area (Å²) in [5.41, 5.74) is 0. The molecule has 3 fully saturated rings. The molecular formula is C8H14. The molecule has 0 nitrogen and oxygen atoms in total. The summed E-state index contributed by atoms with van der Waals surface area (Å²) in [6.45, 7) is 4.84. The van der Waals surface area contributed by atoms with Gasteiger partial charge < -0.3 is 0 Å². The lowest BCUT2D eigenvalue weighted by Gasteiger charge is -2.23. The largest absolute Gasteiger partial charge is 0.0620 e. The zero-order valence-corrected chi connectivity index (χ0v) is 5.72. The topological polar surface area (TPSA) is 0 Å². The third-order valence-corrected chi connectivity index (χ3v) is 3.53. The molecule has 0 radical (unpaired) electrons. The standard InChI is InChI=1S/C8H14/c1-5-6(2)8-3-7(5)4-8/h5-8H,3-4H2,1-2H3/t5-,6+,7?,8?. The lowest BCUT2D eigenvalue weighted by Crippen LogP contribution is -2.13. The smallest absolute Gasteiger partial charge is 0.0380 e. The number of hydrogen-bond donors (Lipinski definition) is 0. The highest BCUT2D eigenvalue weighted by molar-refractivity contribution is 4.96. The summed E-state index contributed by atoms with van der Waals surface area (Å²) < 4.78 is 0. The van der Waals surface area contributed by atoms with Gasteiger partial charge in [-0.25, -0.2) is 0 Å². The zero-order valence-electron chi connectivity index (χ0n) is 5.72. The van der Waals surface area contributed by atoms with Crippen LogP contribution in [0.3, 0.4) is 0 Å². The van der Waals surface area contributed by atoms with E-state index in [9.17, 15) is 0 Å². The summed E-state index contributed by atoms with van der Waals surface area (Å²) in [5, 5.41) is 0. The maximum Gasteiger partial charge on any atom is -0.0380 e. The lowest BCUT2D eigenvalue weighted by atomic mass is 9.82. The lowest BCUT2D eigenvalue weighted by molar-refractivity contribution is 0.273. The van der Waals surface area contributed by atoms with Crippen LogP contribution in [0.25, 0.3) is 0 Å². The minimum absolute atomic E-state index is 1.06. The first-order valence-electron chi connectivity index (χ1n) is 3.79. The van der Waals surface area contributed by atoms with Gasteiger partial charge in [-0.1, -0.05) is 13.8 Å². The summed E-state index contributed by atoms with van der Waals surface area (Å²) in [7, 11) is 0. The van der Waals surface area contributed by atoms with Crippen molar-refractivity contribution in [2.24, 2.45) is 23.7 Å². The second kappa shape index (κ2) is 1.29. The Morgan fingerprint density at radius 2 is 1.25 bits per heavy atom. The Hall–Kier alpha value is 0. The first-order valence-corrected chi connectivity index (χ1v) is 3.79. The second-order valence-corrected chi connectivity index (χ2v) is 3.71. The van der Waals surface area contributed by atoms with Crippen molar-refractivity contribution < 1.29 is 0 Å². The van der Waals surface area contributed by atoms with Crippen molar-refractivity contribution in [3.8, 4) is 0 Å². The highest BCUT2D eigenvalue weighted by atomic mass is 14.5. The molecule has 0 aliphatic heterocycles. The Kier molecular flexibility index (Phi) is 0.778. The zero-order chi connectivity index (χ0) is 5.72. The molecule has 0 saturated heterocycles. The minimum atomic E-state index is 1.06. The maximum atomic E-state index is 2.42. The molecule has 3 saturated carbocycles. The van der Waals surface area contributed by atoms with Gasteiger partial charge in [0, 0.05) is 0 Å². The van der Waals surface area contributed by atoms with E-state index in [0.717, 1.165) is 23.7 Å². The number of fused-ring (bicyclic) bond motifs is 1. The SMILES string of the molecule is C[C@@H]1C2CC(C2)[C@@H]1C. The molecule has 3 rings (SSSR count). The van der Waals surface area contributed by atoms with Crippen LogP contribution in [0.5, 0.6) is 0 Å². The van der Waals surface area contributed by atoms with Crippen LogP contribution in [-0.4, -0.2) is 0 Å². The Morgan fingerprint density at radius 3 is 1.38 bits per heavy atom. The first kappa shape index (κ1) is 4.84. The summed E-state index contributed by atoms with van der Waals surface area (Å²) >= 11 is 0. The van der Waals surface area contributed by atoms with Crippen LogP contribution in [0.1, 0.15) is 26.7 Å². The minimum Gasteiger partial charge on any atom is -0.0620 e. The fourth-order valence-corrected chi connectivity index (χ4v) is 2.43. The van der Waals surface area contributed by atoms with Crippen molar-refractivity contribution in [2.75, 3.05) is 0 Å². The average molecular weight is 110 g/mol. The van der Waals surface area contributed by atoms with E-state index in [0.29, 0.717) is 0 Å². The molecule has 46 valence electrons. The molecule has 0 amide bonds. The van der Waals surface area contributed by atoms with Crippen LogP contribution in [0, 0.1) is 23.7 Å². The number of hydrogen-bond acceptors (Lipinski definition) is 0. The van der Waals surface area contributed by atoms with Crippen LogP contribution in [-0.2, 0) is 0 Å². The van der Waals surface area contributed by atoms with Gasteiger partial charge in [-0.15, -0.1) is 0 Å². The van der Waals surface area contributed by atoms with Crippen LogP contribution in [0.4, 0.5) is 0 Å². The Labute approximate surface area is 51.3 Å². The molecule has 2 bridgehead atoms. The van der Waals surface area contributed by atoms with Gasteiger partial charge in [-0.2, -0.15) is 0 Å². The fourth-order valence-electron chi connectivity index (χ4n) is 2.43. The average Bonchev–Trinajstić information content (AvgIpc) is 1.89. The van der Waals surface area contributed by atoms with Gasteiger partial charge >= 0.3 is 0 Å². The molecular weight excluding hydrogens is 96.1 g/mol. The number of rotatable bonds is 0. The van der Waals surface area contributed by atoms with Crippen LogP contribution >= 0.6 is 0 Å². The first-order chi connectivity index (χ1) is 3.79. The summed E-state index contributed by atoms with van der Waals surface area (Å²) in [5.74, 6) is 4.38. The third-order valence-electron chi connectivity index (χ3n) is 3.53. The molecule has 8 heavy (non-hydrogen) atoms. The van der Waals surface area contributed by atoms with E-state index < -0.39 is 0 Å². The molecule has 0 aromatic carbocycles. The van der Waals surface area contributed by atoms with E-state index in [1.54, 1.807) is 12.8 Å². The highest BCUT2D eigenvalue weighted by Gasteiger charge is 2.47. The monoisotopic (exact) mass is 110 g/mol. The third kappa shape index (κ3) is 0.375. The molecule has 0 heteroatoms. The molecule has 2 atom stereocenters. The Balaban J connectivity index is 2.16. The van der Waals surface area contributed by atoms with Gasteiger partial charge in [-0.05, 0) is 36.5 Å². The summed E-state index contributed by atoms with van der Waals surface area (Å²) in [6.07, 6.45) is 3.12. The van der Waals surface area contributed by atoms with Crippen molar-refractivity contribution in [1.29, 1.82) is 0 Å². The van der Waals surface area contributed by atoms with Gasteiger partial charge in [-0.3, -0.25) is 0 Å². The molecule has 3 aliphatic carbocycles. The van der Waals surface area contributed by atoms with E-state index in [1.807, 2.05) is 0 Å². The second-order valence-electron chi connectivity index (χ2n) is 3.71.